The lowest BCUT2D eigenvalue weighted by molar-refractivity contribution is 0.0600. The van der Waals surface area contributed by atoms with Gasteiger partial charge in [0.25, 0.3) is 0 Å². The number of esters is 1. The molecule has 0 aromatic carbocycles. The van der Waals surface area contributed by atoms with E-state index in [1.165, 1.54) is 24.6 Å². The molecule has 0 amide bonds. The fraction of sp³-hybridized carbons (Fsp3) is 0.0833. The topological polar surface area (TPSA) is 56.3 Å². The van der Waals surface area contributed by atoms with E-state index in [0.717, 1.165) is 16.7 Å². The van der Waals surface area contributed by atoms with Crippen LogP contribution in [0.25, 0.3) is 10.4 Å². The molecule has 0 unspecified atom stereocenters. The Hall–Kier alpha value is -2.01. The molecule has 17 heavy (non-hydrogen) atoms. The van der Waals surface area contributed by atoms with Crippen molar-refractivity contribution < 1.29 is 14.3 Å². The lowest BCUT2D eigenvalue weighted by atomic mass is 10.2. The number of carbonyl (C=O) groups excluding carboxylic acids is 2. The Labute approximate surface area is 102 Å². The standard InChI is InChI=1S/C12H9NO3S/c1-16-12(15)9-4-8(5-13-6-9)11-3-2-10(7-14)17-11/h2-7H,1H3. The molecule has 0 radical (unpaired) electrons. The summed E-state index contributed by atoms with van der Waals surface area (Å²) in [6, 6.07) is 5.25. The molecule has 0 aliphatic carbocycles. The number of hydrogen-bond donors (Lipinski definition) is 0. The van der Waals surface area contributed by atoms with E-state index in [2.05, 4.69) is 9.72 Å². The van der Waals surface area contributed by atoms with Crippen LogP contribution in [0.4, 0.5) is 0 Å². The zero-order valence-electron chi connectivity index (χ0n) is 9.04. The third-order valence-electron chi connectivity index (χ3n) is 2.19. The van der Waals surface area contributed by atoms with Gasteiger partial charge in [-0.1, -0.05) is 0 Å². The van der Waals surface area contributed by atoms with Gasteiger partial charge in [0.2, 0.25) is 0 Å². The molecule has 0 aliphatic heterocycles. The molecule has 0 N–H and O–H groups in total. The smallest absolute Gasteiger partial charge is 0.339 e. The molecule has 4 nitrogen and oxygen atoms in total. The van der Waals surface area contributed by atoms with E-state index in [4.69, 9.17) is 0 Å². The van der Waals surface area contributed by atoms with Gasteiger partial charge in [-0.25, -0.2) is 4.79 Å². The highest BCUT2D eigenvalue weighted by Gasteiger charge is 2.09. The summed E-state index contributed by atoms with van der Waals surface area (Å²) in [5, 5.41) is 0. The van der Waals surface area contributed by atoms with Crippen LogP contribution in [0, 0.1) is 0 Å². The van der Waals surface area contributed by atoms with Crippen LogP contribution < -0.4 is 0 Å². The van der Waals surface area contributed by atoms with Crippen LogP contribution >= 0.6 is 11.3 Å². The number of aldehydes is 1. The van der Waals surface area contributed by atoms with Crippen molar-refractivity contribution in [2.45, 2.75) is 0 Å². The van der Waals surface area contributed by atoms with Gasteiger partial charge in [-0.05, 0) is 18.2 Å². The van der Waals surface area contributed by atoms with Gasteiger partial charge in [0, 0.05) is 22.8 Å². The van der Waals surface area contributed by atoms with E-state index in [-0.39, 0.29) is 0 Å². The molecule has 0 saturated carbocycles. The van der Waals surface area contributed by atoms with Crippen molar-refractivity contribution in [3.8, 4) is 10.4 Å². The highest BCUT2D eigenvalue weighted by atomic mass is 32.1. The van der Waals surface area contributed by atoms with Crippen molar-refractivity contribution >= 4 is 23.6 Å². The van der Waals surface area contributed by atoms with Crippen molar-refractivity contribution in [2.75, 3.05) is 7.11 Å². The zero-order valence-corrected chi connectivity index (χ0v) is 9.86. The Kier molecular flexibility index (Phi) is 3.30. The molecule has 2 aromatic heterocycles. The van der Waals surface area contributed by atoms with Gasteiger partial charge in [0.05, 0.1) is 17.6 Å². The van der Waals surface area contributed by atoms with E-state index in [0.29, 0.717) is 10.4 Å². The predicted molar refractivity (Wildman–Crippen MR) is 64.3 cm³/mol. The molecule has 2 rings (SSSR count). The van der Waals surface area contributed by atoms with E-state index in [9.17, 15) is 9.59 Å². The molecule has 0 saturated heterocycles. The van der Waals surface area contributed by atoms with Gasteiger partial charge < -0.3 is 4.74 Å². The summed E-state index contributed by atoms with van der Waals surface area (Å²) in [5.74, 6) is -0.425. The Morgan fingerprint density at radius 3 is 2.88 bits per heavy atom. The summed E-state index contributed by atoms with van der Waals surface area (Å²) in [7, 11) is 1.32. The maximum atomic E-state index is 11.3. The summed E-state index contributed by atoms with van der Waals surface area (Å²) in [6.45, 7) is 0. The largest absolute Gasteiger partial charge is 0.465 e. The Morgan fingerprint density at radius 1 is 1.41 bits per heavy atom. The third-order valence-corrected chi connectivity index (χ3v) is 3.25. The normalized spacial score (nSPS) is 9.94. The molecule has 2 aromatic rings. The first-order valence-electron chi connectivity index (χ1n) is 4.83. The summed E-state index contributed by atoms with van der Waals surface area (Å²) in [6.07, 6.45) is 3.89. The summed E-state index contributed by atoms with van der Waals surface area (Å²) in [5.41, 5.74) is 1.19. The fourth-order valence-electron chi connectivity index (χ4n) is 1.38. The SMILES string of the molecule is COC(=O)c1cncc(-c2ccc(C=O)s2)c1. The minimum Gasteiger partial charge on any atom is -0.465 e. The summed E-state index contributed by atoms with van der Waals surface area (Å²) < 4.78 is 4.62. The average molecular weight is 247 g/mol. The highest BCUT2D eigenvalue weighted by Crippen LogP contribution is 2.27. The lowest BCUT2D eigenvalue weighted by Crippen LogP contribution is -2.01. The van der Waals surface area contributed by atoms with Crippen LogP contribution in [-0.4, -0.2) is 24.3 Å². The second kappa shape index (κ2) is 4.88. The number of thiophene rings is 1. The highest BCUT2D eigenvalue weighted by molar-refractivity contribution is 7.17. The van der Waals surface area contributed by atoms with Crippen molar-refractivity contribution in [1.29, 1.82) is 0 Å². The second-order valence-electron chi connectivity index (χ2n) is 3.27. The number of rotatable bonds is 3. The number of pyridine rings is 1. The number of methoxy groups -OCH3 is 1. The average Bonchev–Trinajstić information content (AvgIpc) is 2.86. The Bertz CT molecular complexity index is 562. The Morgan fingerprint density at radius 2 is 2.24 bits per heavy atom. The fourth-order valence-corrected chi connectivity index (χ4v) is 2.18. The molecule has 0 fully saturated rings. The molecular formula is C12H9NO3S. The third kappa shape index (κ3) is 2.39. The molecule has 2 heterocycles. The molecule has 0 bridgehead atoms. The van der Waals surface area contributed by atoms with Crippen LogP contribution in [0.5, 0.6) is 0 Å². The first-order chi connectivity index (χ1) is 8.24. The van der Waals surface area contributed by atoms with Crippen molar-refractivity contribution in [3.05, 3.63) is 41.0 Å². The van der Waals surface area contributed by atoms with Gasteiger partial charge in [0.15, 0.2) is 6.29 Å². The summed E-state index contributed by atoms with van der Waals surface area (Å²) >= 11 is 1.35. The second-order valence-corrected chi connectivity index (χ2v) is 4.39. The lowest BCUT2D eigenvalue weighted by Gasteiger charge is -2.00. The van der Waals surface area contributed by atoms with Gasteiger partial charge in [0.1, 0.15) is 0 Å². The van der Waals surface area contributed by atoms with Crippen molar-refractivity contribution in [1.82, 2.24) is 4.98 Å². The van der Waals surface area contributed by atoms with Crippen LogP contribution in [0.1, 0.15) is 20.0 Å². The van der Waals surface area contributed by atoms with E-state index >= 15 is 0 Å². The predicted octanol–water partition coefficient (Wildman–Crippen LogP) is 2.41. The Balaban J connectivity index is 2.39. The van der Waals surface area contributed by atoms with Gasteiger partial charge >= 0.3 is 5.97 Å². The number of aromatic nitrogens is 1. The first-order valence-corrected chi connectivity index (χ1v) is 5.65. The van der Waals surface area contributed by atoms with Crippen molar-refractivity contribution in [2.24, 2.45) is 0 Å². The number of carbonyl (C=O) groups is 2. The number of nitrogens with zero attached hydrogens (tertiary/aromatic N) is 1. The summed E-state index contributed by atoms with van der Waals surface area (Å²) in [4.78, 5) is 27.5. The van der Waals surface area contributed by atoms with Crippen LogP contribution in [0.15, 0.2) is 30.6 Å². The maximum absolute atomic E-state index is 11.3. The van der Waals surface area contributed by atoms with E-state index in [1.807, 2.05) is 6.07 Å². The minimum atomic E-state index is -0.425. The van der Waals surface area contributed by atoms with Crippen LogP contribution in [-0.2, 0) is 4.74 Å². The maximum Gasteiger partial charge on any atom is 0.339 e. The van der Waals surface area contributed by atoms with Crippen LogP contribution in [0.3, 0.4) is 0 Å². The van der Waals surface area contributed by atoms with Gasteiger partial charge in [-0.3, -0.25) is 9.78 Å². The monoisotopic (exact) mass is 247 g/mol. The molecule has 86 valence electrons. The van der Waals surface area contributed by atoms with Crippen LogP contribution in [0.2, 0.25) is 0 Å². The number of ether oxygens (including phenoxy) is 1. The van der Waals surface area contributed by atoms with Gasteiger partial charge in [-0.15, -0.1) is 11.3 Å². The first kappa shape index (κ1) is 11.5. The molecule has 0 atom stereocenters. The molecule has 5 heteroatoms. The quantitative estimate of drug-likeness (QED) is 0.617. The number of hydrogen-bond acceptors (Lipinski definition) is 5. The zero-order chi connectivity index (χ0) is 12.3. The van der Waals surface area contributed by atoms with E-state index < -0.39 is 5.97 Å². The van der Waals surface area contributed by atoms with Crippen molar-refractivity contribution in [3.63, 3.8) is 0 Å². The molecular weight excluding hydrogens is 238 g/mol. The molecule has 0 spiro atoms. The minimum absolute atomic E-state index is 0.394. The van der Waals surface area contributed by atoms with Gasteiger partial charge in [-0.2, -0.15) is 0 Å². The molecule has 0 aliphatic rings. The van der Waals surface area contributed by atoms with E-state index in [1.54, 1.807) is 18.3 Å².